The van der Waals surface area contributed by atoms with Gasteiger partial charge in [-0.05, 0) is 24.3 Å². The van der Waals surface area contributed by atoms with Crippen LogP contribution in [0, 0.1) is 23.7 Å². The van der Waals surface area contributed by atoms with Crippen molar-refractivity contribution in [2.24, 2.45) is 23.7 Å². The molecular weight excluding hydrogens is 192 g/mol. The highest BCUT2D eigenvalue weighted by Gasteiger charge is 2.67. The molecule has 3 nitrogen and oxygen atoms in total. The third-order valence-corrected chi connectivity index (χ3v) is 4.68. The summed E-state index contributed by atoms with van der Waals surface area (Å²) in [6.45, 7) is 1.39. The molecule has 3 aliphatic carbocycles. The van der Waals surface area contributed by atoms with Crippen LogP contribution in [0.4, 0.5) is 0 Å². The Labute approximate surface area is 88.4 Å². The largest absolute Gasteiger partial charge is 0.347 e. The van der Waals surface area contributed by atoms with Crippen molar-refractivity contribution in [1.29, 1.82) is 0 Å². The average molecular weight is 206 g/mol. The summed E-state index contributed by atoms with van der Waals surface area (Å²) < 4.78 is 11.6. The molecule has 4 rings (SSSR count). The van der Waals surface area contributed by atoms with Crippen LogP contribution in [-0.2, 0) is 14.3 Å². The lowest BCUT2D eigenvalue weighted by Gasteiger charge is -2.48. The highest BCUT2D eigenvalue weighted by Crippen LogP contribution is 2.64. The number of allylic oxidation sites excluding steroid dienone is 2. The molecule has 0 aromatic heterocycles. The Kier molecular flexibility index (Phi) is 1.43. The quantitative estimate of drug-likeness (QED) is 0.596. The zero-order chi connectivity index (χ0) is 10.0. The van der Waals surface area contributed by atoms with Crippen LogP contribution in [0.25, 0.3) is 0 Å². The second-order valence-electron chi connectivity index (χ2n) is 5.10. The van der Waals surface area contributed by atoms with E-state index < -0.39 is 0 Å². The fourth-order valence-electron chi connectivity index (χ4n) is 4.13. The number of hydrogen-bond acceptors (Lipinski definition) is 3. The summed E-state index contributed by atoms with van der Waals surface area (Å²) >= 11 is 0. The molecule has 80 valence electrons. The molecule has 15 heavy (non-hydrogen) atoms. The summed E-state index contributed by atoms with van der Waals surface area (Å²) in [5, 5.41) is 0. The SMILES string of the molecule is O=C1C=C[C@@H]2[C@H]3CCC4(OCCO4)[C@H]3[C@H]12. The van der Waals surface area contributed by atoms with Crippen LogP contribution in [0.15, 0.2) is 12.2 Å². The standard InChI is InChI=1S/C12H14O3/c13-9-2-1-7-8-3-4-12(11(8)10(7)9)14-5-6-15-12/h1-2,7-8,10-11H,3-6H2/t7-,8-,10+,11-/m1/s1. The Bertz CT molecular complexity index is 354. The lowest BCUT2D eigenvalue weighted by molar-refractivity contribution is -0.223. The first-order valence-corrected chi connectivity index (χ1v) is 5.82. The van der Waals surface area contributed by atoms with E-state index in [2.05, 4.69) is 6.08 Å². The first kappa shape index (κ1) is 8.48. The Morgan fingerprint density at radius 3 is 2.93 bits per heavy atom. The summed E-state index contributed by atoms with van der Waals surface area (Å²) in [5.74, 6) is 1.56. The molecule has 0 N–H and O–H groups in total. The molecule has 0 bridgehead atoms. The van der Waals surface area contributed by atoms with E-state index in [1.807, 2.05) is 0 Å². The molecule has 0 unspecified atom stereocenters. The third-order valence-electron chi connectivity index (χ3n) is 4.68. The molecule has 4 atom stereocenters. The van der Waals surface area contributed by atoms with E-state index in [9.17, 15) is 4.79 Å². The summed E-state index contributed by atoms with van der Waals surface area (Å²) in [6.07, 6.45) is 6.00. The predicted molar refractivity (Wildman–Crippen MR) is 52.0 cm³/mol. The highest BCUT2D eigenvalue weighted by atomic mass is 16.7. The van der Waals surface area contributed by atoms with Crippen LogP contribution in [0.2, 0.25) is 0 Å². The predicted octanol–water partition coefficient (Wildman–Crippen LogP) is 1.14. The summed E-state index contributed by atoms with van der Waals surface area (Å²) in [7, 11) is 0. The minimum atomic E-state index is -0.381. The van der Waals surface area contributed by atoms with Gasteiger partial charge in [-0.2, -0.15) is 0 Å². The molecule has 3 heteroatoms. The van der Waals surface area contributed by atoms with Crippen molar-refractivity contribution in [2.75, 3.05) is 13.2 Å². The van der Waals surface area contributed by atoms with Crippen molar-refractivity contribution in [1.82, 2.24) is 0 Å². The minimum absolute atomic E-state index is 0.176. The van der Waals surface area contributed by atoms with Crippen LogP contribution in [0.5, 0.6) is 0 Å². The smallest absolute Gasteiger partial charge is 0.172 e. The maximum atomic E-state index is 11.7. The van der Waals surface area contributed by atoms with Gasteiger partial charge in [0.25, 0.3) is 0 Å². The second-order valence-corrected chi connectivity index (χ2v) is 5.10. The molecule has 1 heterocycles. The first-order chi connectivity index (χ1) is 7.32. The fourth-order valence-corrected chi connectivity index (χ4v) is 4.13. The number of ketones is 1. The third kappa shape index (κ3) is 0.833. The fraction of sp³-hybridized carbons (Fsp3) is 0.750. The van der Waals surface area contributed by atoms with Crippen molar-refractivity contribution in [3.63, 3.8) is 0 Å². The van der Waals surface area contributed by atoms with Gasteiger partial charge in [0.05, 0.1) is 13.2 Å². The monoisotopic (exact) mass is 206 g/mol. The topological polar surface area (TPSA) is 35.5 Å². The molecule has 1 aliphatic heterocycles. The molecule has 0 radical (unpaired) electrons. The normalized spacial score (nSPS) is 49.5. The molecule has 1 saturated heterocycles. The molecule has 2 saturated carbocycles. The van der Waals surface area contributed by atoms with Gasteiger partial charge in [0.1, 0.15) is 0 Å². The molecule has 0 aromatic carbocycles. The zero-order valence-electron chi connectivity index (χ0n) is 8.52. The van der Waals surface area contributed by atoms with Gasteiger partial charge >= 0.3 is 0 Å². The maximum absolute atomic E-state index is 11.7. The molecule has 0 aromatic rings. The van der Waals surface area contributed by atoms with Crippen LogP contribution >= 0.6 is 0 Å². The number of ether oxygens (including phenoxy) is 2. The van der Waals surface area contributed by atoms with Gasteiger partial charge in [-0.1, -0.05) is 6.08 Å². The summed E-state index contributed by atoms with van der Waals surface area (Å²) in [4.78, 5) is 11.7. The van der Waals surface area contributed by atoms with Crippen molar-refractivity contribution in [3.05, 3.63) is 12.2 Å². The highest BCUT2D eigenvalue weighted by molar-refractivity contribution is 5.96. The van der Waals surface area contributed by atoms with Crippen LogP contribution in [-0.4, -0.2) is 24.8 Å². The number of hydrogen-bond donors (Lipinski definition) is 0. The number of fused-ring (bicyclic) bond motifs is 5. The van der Waals surface area contributed by atoms with Crippen LogP contribution in [0.3, 0.4) is 0 Å². The van der Waals surface area contributed by atoms with Crippen LogP contribution in [0.1, 0.15) is 12.8 Å². The average Bonchev–Trinajstić information content (AvgIpc) is 2.81. The van der Waals surface area contributed by atoms with Gasteiger partial charge in [-0.25, -0.2) is 0 Å². The van der Waals surface area contributed by atoms with Gasteiger partial charge in [-0.3, -0.25) is 4.79 Å². The molecule has 3 fully saturated rings. The molecule has 0 amide bonds. The van der Waals surface area contributed by atoms with Gasteiger partial charge in [0, 0.05) is 18.3 Å². The van der Waals surface area contributed by atoms with E-state index in [0.717, 1.165) is 12.8 Å². The Morgan fingerprint density at radius 1 is 1.33 bits per heavy atom. The maximum Gasteiger partial charge on any atom is 0.172 e. The van der Waals surface area contributed by atoms with E-state index in [0.29, 0.717) is 36.8 Å². The number of rotatable bonds is 0. The molecule has 4 aliphatic rings. The van der Waals surface area contributed by atoms with Crippen molar-refractivity contribution in [3.8, 4) is 0 Å². The van der Waals surface area contributed by atoms with Crippen molar-refractivity contribution >= 4 is 5.78 Å². The Balaban J connectivity index is 1.70. The van der Waals surface area contributed by atoms with E-state index in [1.165, 1.54) is 0 Å². The van der Waals surface area contributed by atoms with E-state index in [4.69, 9.17) is 9.47 Å². The molecular formula is C12H14O3. The molecule has 1 spiro atoms. The van der Waals surface area contributed by atoms with E-state index in [1.54, 1.807) is 6.08 Å². The summed E-state index contributed by atoms with van der Waals surface area (Å²) in [5.41, 5.74) is 0. The van der Waals surface area contributed by atoms with Gasteiger partial charge < -0.3 is 9.47 Å². The first-order valence-electron chi connectivity index (χ1n) is 5.82. The van der Waals surface area contributed by atoms with E-state index >= 15 is 0 Å². The summed E-state index contributed by atoms with van der Waals surface area (Å²) in [6, 6.07) is 0. The lowest BCUT2D eigenvalue weighted by atomic mass is 9.58. The van der Waals surface area contributed by atoms with Gasteiger partial charge in [0.2, 0.25) is 0 Å². The van der Waals surface area contributed by atoms with Crippen LogP contribution < -0.4 is 0 Å². The number of carbonyl (C=O) groups excluding carboxylic acids is 1. The zero-order valence-corrected chi connectivity index (χ0v) is 8.52. The number of carbonyl (C=O) groups is 1. The minimum Gasteiger partial charge on any atom is -0.347 e. The van der Waals surface area contributed by atoms with Crippen molar-refractivity contribution < 1.29 is 14.3 Å². The van der Waals surface area contributed by atoms with Gasteiger partial charge in [-0.15, -0.1) is 0 Å². The second kappa shape index (κ2) is 2.53. The Hall–Kier alpha value is -0.670. The lowest BCUT2D eigenvalue weighted by Crippen LogP contribution is -2.54. The van der Waals surface area contributed by atoms with Crippen molar-refractivity contribution in [2.45, 2.75) is 18.6 Å². The Morgan fingerprint density at radius 2 is 2.13 bits per heavy atom. The van der Waals surface area contributed by atoms with Gasteiger partial charge in [0.15, 0.2) is 11.6 Å². The van der Waals surface area contributed by atoms with E-state index in [-0.39, 0.29) is 11.7 Å².